The first kappa shape index (κ1) is 25.8. The van der Waals surface area contributed by atoms with Crippen molar-refractivity contribution >= 4 is 66.7 Å². The van der Waals surface area contributed by atoms with Gasteiger partial charge in [0, 0.05) is 38.7 Å². The summed E-state index contributed by atoms with van der Waals surface area (Å²) < 4.78 is 0.830. The van der Waals surface area contributed by atoms with Crippen LogP contribution in [0.1, 0.15) is 41.6 Å². The average molecular weight is 651 g/mol. The van der Waals surface area contributed by atoms with E-state index in [0.29, 0.717) is 38.9 Å². The van der Waals surface area contributed by atoms with E-state index in [2.05, 4.69) is 31.9 Å². The highest BCUT2D eigenvalue weighted by Crippen LogP contribution is 2.56. The molecule has 1 saturated heterocycles. The zero-order chi connectivity index (χ0) is 27.7. The van der Waals surface area contributed by atoms with E-state index >= 15 is 0 Å². The molecule has 0 aromatic heterocycles. The van der Waals surface area contributed by atoms with Crippen molar-refractivity contribution in [1.29, 1.82) is 0 Å². The summed E-state index contributed by atoms with van der Waals surface area (Å²) in [5.74, 6) is -4.13. The summed E-state index contributed by atoms with van der Waals surface area (Å²) in [6, 6.07) is 11.3. The topological polar surface area (TPSA) is 109 Å². The number of carbonyl (C=O) groups excluding carboxylic acids is 5. The molecule has 2 aromatic rings. The number of fused-ring (bicyclic) bond motifs is 3. The first-order valence-corrected chi connectivity index (χ1v) is 14.0. The summed E-state index contributed by atoms with van der Waals surface area (Å²) >= 11 is 6.65. The predicted octanol–water partition coefficient (Wildman–Crippen LogP) is 5.32. The number of phenolic OH excluding ortho intramolecular Hbond substituents is 1. The molecule has 0 saturated carbocycles. The van der Waals surface area contributed by atoms with Gasteiger partial charge in [-0.2, -0.15) is 0 Å². The number of rotatable bonds is 3. The third kappa shape index (κ3) is 3.93. The lowest BCUT2D eigenvalue weighted by atomic mass is 9.59. The molecule has 0 spiro atoms. The smallest absolute Gasteiger partial charge is 0.238 e. The van der Waals surface area contributed by atoms with Crippen LogP contribution in [0.15, 0.2) is 80.3 Å². The van der Waals surface area contributed by atoms with Crippen molar-refractivity contribution in [3.63, 3.8) is 0 Å². The van der Waals surface area contributed by atoms with Crippen molar-refractivity contribution in [2.75, 3.05) is 4.90 Å². The fourth-order valence-electron chi connectivity index (χ4n) is 6.42. The molecule has 4 aliphatic rings. The number of hydrogen-bond donors (Lipinski definition) is 1. The van der Waals surface area contributed by atoms with Crippen molar-refractivity contribution in [3.05, 3.63) is 91.4 Å². The van der Waals surface area contributed by atoms with Gasteiger partial charge in [0.15, 0.2) is 17.3 Å². The van der Waals surface area contributed by atoms with Crippen LogP contribution in [-0.2, 0) is 19.2 Å². The third-order valence-corrected chi connectivity index (χ3v) is 9.25. The minimum absolute atomic E-state index is 0.0337. The molecule has 1 N–H and O–H groups in total. The molecule has 2 aromatic carbocycles. The van der Waals surface area contributed by atoms with Crippen LogP contribution in [-0.4, -0.2) is 34.3 Å². The van der Waals surface area contributed by atoms with Gasteiger partial charge in [-0.1, -0.05) is 27.6 Å². The van der Waals surface area contributed by atoms with Crippen LogP contribution in [0.5, 0.6) is 5.75 Å². The first-order valence-electron chi connectivity index (χ1n) is 12.4. The Morgan fingerprint density at radius 1 is 0.974 bits per heavy atom. The van der Waals surface area contributed by atoms with Gasteiger partial charge >= 0.3 is 0 Å². The Balaban J connectivity index is 1.47. The monoisotopic (exact) mass is 649 g/mol. The van der Waals surface area contributed by atoms with Crippen LogP contribution < -0.4 is 4.90 Å². The molecule has 7 nitrogen and oxygen atoms in total. The van der Waals surface area contributed by atoms with Crippen LogP contribution >= 0.6 is 31.9 Å². The highest BCUT2D eigenvalue weighted by atomic mass is 79.9. The quantitative estimate of drug-likeness (QED) is 0.208. The van der Waals surface area contributed by atoms with E-state index in [9.17, 15) is 29.1 Å². The molecule has 196 valence electrons. The molecular weight excluding hydrogens is 630 g/mol. The molecule has 9 heteroatoms. The van der Waals surface area contributed by atoms with Crippen LogP contribution in [0.3, 0.4) is 0 Å². The summed E-state index contributed by atoms with van der Waals surface area (Å²) in [6.45, 7) is 1.44. The van der Waals surface area contributed by atoms with Crippen molar-refractivity contribution in [2.24, 2.45) is 17.8 Å². The summed E-state index contributed by atoms with van der Waals surface area (Å²) in [4.78, 5) is 67.0. The largest absolute Gasteiger partial charge is 0.508 e. The Morgan fingerprint density at radius 2 is 1.69 bits per heavy atom. The molecule has 4 atom stereocenters. The maximum atomic E-state index is 13.9. The second-order valence-electron chi connectivity index (χ2n) is 10.2. The molecular formula is C30H21Br2NO6. The van der Waals surface area contributed by atoms with E-state index in [4.69, 9.17) is 0 Å². The number of hydrogen-bond acceptors (Lipinski definition) is 6. The number of Topliss-reactive ketones (excluding diaryl/α,β-unsaturated/α-hetero) is 2. The summed E-state index contributed by atoms with van der Waals surface area (Å²) in [5, 5.41) is 10.9. The molecule has 39 heavy (non-hydrogen) atoms. The number of aromatic hydroxyl groups is 1. The molecule has 0 bridgehead atoms. The fraction of sp³-hybridized carbons (Fsp3) is 0.233. The van der Waals surface area contributed by atoms with E-state index in [-0.39, 0.29) is 45.8 Å². The zero-order valence-corrected chi connectivity index (χ0v) is 23.8. The molecule has 6 rings (SSSR count). The number of anilines is 1. The molecule has 3 aliphatic carbocycles. The molecule has 0 unspecified atom stereocenters. The van der Waals surface area contributed by atoms with E-state index in [1.54, 1.807) is 36.4 Å². The highest BCUT2D eigenvalue weighted by molar-refractivity contribution is 9.12. The van der Waals surface area contributed by atoms with E-state index in [0.717, 1.165) is 5.57 Å². The van der Waals surface area contributed by atoms with E-state index < -0.39 is 23.7 Å². The molecule has 1 fully saturated rings. The van der Waals surface area contributed by atoms with E-state index in [1.807, 2.05) is 6.08 Å². The Morgan fingerprint density at radius 3 is 2.38 bits per heavy atom. The fourth-order valence-corrected chi connectivity index (χ4v) is 7.24. The lowest BCUT2D eigenvalue weighted by Crippen LogP contribution is -2.39. The van der Waals surface area contributed by atoms with Crippen LogP contribution in [0.4, 0.5) is 5.69 Å². The minimum Gasteiger partial charge on any atom is -0.508 e. The van der Waals surface area contributed by atoms with Gasteiger partial charge in [-0.15, -0.1) is 0 Å². The number of imide groups is 1. The second-order valence-corrected chi connectivity index (χ2v) is 12.0. The number of ketones is 3. The second kappa shape index (κ2) is 9.34. The third-order valence-electron chi connectivity index (χ3n) is 8.16. The van der Waals surface area contributed by atoms with Crippen molar-refractivity contribution in [1.82, 2.24) is 0 Å². The Bertz CT molecular complexity index is 1620. The van der Waals surface area contributed by atoms with Gasteiger partial charge in [0.1, 0.15) is 5.75 Å². The van der Waals surface area contributed by atoms with Gasteiger partial charge in [-0.05, 0) is 84.1 Å². The maximum absolute atomic E-state index is 13.9. The Kier molecular flexibility index (Phi) is 6.19. The lowest BCUT2D eigenvalue weighted by molar-refractivity contribution is -0.123. The van der Waals surface area contributed by atoms with Gasteiger partial charge < -0.3 is 5.11 Å². The average Bonchev–Trinajstić information content (AvgIpc) is 3.17. The lowest BCUT2D eigenvalue weighted by Gasteiger charge is -2.42. The maximum Gasteiger partial charge on any atom is 0.238 e. The minimum atomic E-state index is -0.739. The normalized spacial score (nSPS) is 26.2. The van der Waals surface area contributed by atoms with Crippen LogP contribution in [0.2, 0.25) is 0 Å². The molecule has 1 aliphatic heterocycles. The standard InChI is InChI=1S/C30H21Br2NO6/c1-13(34)14-2-5-16(6-3-14)33-29(38)18-8-7-17-19(26(18)30(33)39)11-21-27(24(36)12-22(32)28(21)37)25(17)20-10-15(31)4-9-23(20)35/h2-7,9-10,12,18-19,25-26,35H,8,11H2,1H3/t18-,19+,25+,26-/m0/s1. The number of halogens is 2. The van der Waals surface area contributed by atoms with Crippen molar-refractivity contribution < 1.29 is 29.1 Å². The number of amides is 2. The molecule has 1 heterocycles. The van der Waals surface area contributed by atoms with Gasteiger partial charge in [-0.3, -0.25) is 28.9 Å². The molecule has 2 amide bonds. The van der Waals surface area contributed by atoms with Crippen molar-refractivity contribution in [3.8, 4) is 5.75 Å². The molecule has 0 radical (unpaired) electrons. The van der Waals surface area contributed by atoms with Gasteiger partial charge in [0.25, 0.3) is 0 Å². The number of nitrogens with zero attached hydrogens (tertiary/aromatic N) is 1. The summed E-state index contributed by atoms with van der Waals surface area (Å²) in [7, 11) is 0. The predicted molar refractivity (Wildman–Crippen MR) is 149 cm³/mol. The SMILES string of the molecule is CC(=O)c1ccc(N2C(=O)[C@H]3[C@H](CC=C4[C@H](c5cc(Br)ccc5O)C5=C(C[C@H]43)C(=O)C(Br)=CC5=O)C2=O)cc1. The summed E-state index contributed by atoms with van der Waals surface area (Å²) in [5.41, 5.74) is 2.66. The number of allylic oxidation sites excluding steroid dienone is 6. The highest BCUT2D eigenvalue weighted by Gasteiger charge is 2.56. The zero-order valence-electron chi connectivity index (χ0n) is 20.6. The number of benzene rings is 2. The van der Waals surface area contributed by atoms with E-state index in [1.165, 1.54) is 24.0 Å². The Labute approximate surface area is 240 Å². The van der Waals surface area contributed by atoms with Crippen LogP contribution in [0.25, 0.3) is 0 Å². The van der Waals surface area contributed by atoms with Gasteiger partial charge in [0.05, 0.1) is 22.0 Å². The first-order chi connectivity index (χ1) is 18.6. The number of phenols is 1. The number of carbonyl (C=O) groups is 5. The van der Waals surface area contributed by atoms with Crippen molar-refractivity contribution in [2.45, 2.75) is 25.7 Å². The summed E-state index contributed by atoms with van der Waals surface area (Å²) in [6.07, 6.45) is 3.58. The Hall–Kier alpha value is -3.43. The van der Waals surface area contributed by atoms with Gasteiger partial charge in [-0.25, -0.2) is 0 Å². The van der Waals surface area contributed by atoms with Crippen LogP contribution in [0, 0.1) is 17.8 Å². The van der Waals surface area contributed by atoms with Gasteiger partial charge in [0.2, 0.25) is 11.8 Å².